The minimum absolute atomic E-state index is 0.0679. The molecule has 9 nitrogen and oxygen atoms in total. The van der Waals surface area contributed by atoms with Crippen LogP contribution in [0.15, 0.2) is 34.5 Å². The molecule has 2 N–H and O–H groups in total. The largest absolute Gasteiger partial charge is 0.481 e. The van der Waals surface area contributed by atoms with Crippen molar-refractivity contribution in [1.29, 1.82) is 0 Å². The second kappa shape index (κ2) is 6.80. The summed E-state index contributed by atoms with van der Waals surface area (Å²) in [4.78, 5) is 32.2. The van der Waals surface area contributed by atoms with Crippen molar-refractivity contribution in [2.75, 3.05) is 0 Å². The molecule has 114 valence electrons. The van der Waals surface area contributed by atoms with Gasteiger partial charge in [0.1, 0.15) is 5.25 Å². The third-order valence-electron chi connectivity index (χ3n) is 2.57. The molecule has 1 aromatic carbocycles. The first-order chi connectivity index (χ1) is 10.5. The number of nitrogens with zero attached hydrogens (tertiary/aromatic N) is 3. The lowest BCUT2D eigenvalue weighted by Gasteiger charge is -1.97. The average molecular weight is 322 g/mol. The molecule has 0 spiro atoms. The van der Waals surface area contributed by atoms with Crippen LogP contribution in [0.5, 0.6) is 0 Å². The Hall–Kier alpha value is -2.75. The second-order valence-corrected chi connectivity index (χ2v) is 5.39. The molecule has 0 aliphatic carbocycles. The molecule has 0 saturated carbocycles. The topological polar surface area (TPSA) is 134 Å². The smallest absolute Gasteiger partial charge is 0.305 e. The minimum atomic E-state index is -1.08. The number of carboxylic acids is 1. The Morgan fingerprint density at radius 2 is 2.32 bits per heavy atom. The quantitative estimate of drug-likeness (QED) is 0.471. The van der Waals surface area contributed by atoms with Gasteiger partial charge in [-0.25, -0.2) is 0 Å². The van der Waals surface area contributed by atoms with Gasteiger partial charge in [0.2, 0.25) is 5.91 Å². The number of hydrogen-bond donors (Lipinski definition) is 2. The maximum Gasteiger partial charge on any atom is 0.305 e. The summed E-state index contributed by atoms with van der Waals surface area (Å²) in [5.74, 6) is -1.51. The highest BCUT2D eigenvalue weighted by Gasteiger charge is 2.32. The molecule has 1 aromatic rings. The molecule has 1 aliphatic rings. The first-order valence-electron chi connectivity index (χ1n) is 6.00. The Labute approximate surface area is 128 Å². The number of nitro groups is 1. The van der Waals surface area contributed by atoms with Gasteiger partial charge >= 0.3 is 5.97 Å². The third kappa shape index (κ3) is 4.12. The SMILES string of the molecule is O=C(O)CC1S/C(=N\N=C/c2cccc([N+](=O)[O-])c2)NC1=O. The predicted octanol–water partition coefficient (Wildman–Crippen LogP) is 0.991. The van der Waals surface area contributed by atoms with Crippen molar-refractivity contribution in [2.24, 2.45) is 10.2 Å². The number of aliphatic carboxylic acids is 1. The molecule has 0 aromatic heterocycles. The molecule has 0 radical (unpaired) electrons. The third-order valence-corrected chi connectivity index (χ3v) is 3.65. The van der Waals surface area contributed by atoms with Crippen molar-refractivity contribution in [3.63, 3.8) is 0 Å². The number of carbonyl (C=O) groups is 2. The van der Waals surface area contributed by atoms with E-state index in [1.165, 1.54) is 24.4 Å². The van der Waals surface area contributed by atoms with Crippen LogP contribution in [0.2, 0.25) is 0 Å². The number of non-ortho nitro benzene ring substituents is 1. The highest BCUT2D eigenvalue weighted by Crippen LogP contribution is 2.22. The van der Waals surface area contributed by atoms with E-state index >= 15 is 0 Å². The number of hydrogen-bond acceptors (Lipinski definition) is 7. The van der Waals surface area contributed by atoms with Crippen LogP contribution >= 0.6 is 11.8 Å². The summed E-state index contributed by atoms with van der Waals surface area (Å²) in [5.41, 5.74) is 0.414. The Morgan fingerprint density at radius 1 is 1.55 bits per heavy atom. The van der Waals surface area contributed by atoms with E-state index in [1.54, 1.807) is 6.07 Å². The molecule has 1 saturated heterocycles. The van der Waals surface area contributed by atoms with Crippen molar-refractivity contribution >= 4 is 40.7 Å². The van der Waals surface area contributed by atoms with Crippen LogP contribution in [0.3, 0.4) is 0 Å². The number of carbonyl (C=O) groups excluding carboxylic acids is 1. The van der Waals surface area contributed by atoms with Crippen molar-refractivity contribution < 1.29 is 19.6 Å². The lowest BCUT2D eigenvalue weighted by Crippen LogP contribution is -2.26. The van der Waals surface area contributed by atoms with E-state index < -0.39 is 22.0 Å². The van der Waals surface area contributed by atoms with Gasteiger partial charge in [0, 0.05) is 17.7 Å². The second-order valence-electron chi connectivity index (χ2n) is 4.20. The van der Waals surface area contributed by atoms with Gasteiger partial charge in [0.15, 0.2) is 5.17 Å². The molecular formula is C12H10N4O5S. The molecule has 1 aliphatic heterocycles. The summed E-state index contributed by atoms with van der Waals surface area (Å²) >= 11 is 0.977. The molecule has 1 fully saturated rings. The van der Waals surface area contributed by atoms with E-state index in [0.29, 0.717) is 5.56 Å². The molecule has 10 heteroatoms. The Bertz CT molecular complexity index is 688. The highest BCUT2D eigenvalue weighted by molar-refractivity contribution is 8.15. The zero-order valence-corrected chi connectivity index (χ0v) is 11.8. The van der Waals surface area contributed by atoms with Crippen LogP contribution in [0, 0.1) is 10.1 Å². The predicted molar refractivity (Wildman–Crippen MR) is 79.9 cm³/mol. The molecule has 2 rings (SSSR count). The van der Waals surface area contributed by atoms with Crippen LogP contribution in [0.1, 0.15) is 12.0 Å². The van der Waals surface area contributed by atoms with Crippen LogP contribution in [-0.4, -0.2) is 38.5 Å². The van der Waals surface area contributed by atoms with Gasteiger partial charge < -0.3 is 10.4 Å². The number of benzene rings is 1. The molecule has 1 atom stereocenters. The maximum atomic E-state index is 11.5. The van der Waals surface area contributed by atoms with Crippen molar-refractivity contribution in [3.05, 3.63) is 39.9 Å². The zero-order chi connectivity index (χ0) is 16.1. The number of carboxylic acid groups (broad SMARTS) is 1. The van der Waals surface area contributed by atoms with Gasteiger partial charge in [-0.3, -0.25) is 19.7 Å². The van der Waals surface area contributed by atoms with Crippen LogP contribution in [0.25, 0.3) is 0 Å². The molecular weight excluding hydrogens is 312 g/mol. The standard InChI is InChI=1S/C12H10N4O5S/c17-10(18)5-9-11(19)14-12(22-9)15-13-6-7-2-1-3-8(4-7)16(20)21/h1-4,6,9H,5H2,(H,17,18)(H,14,15,19)/b13-6-. The minimum Gasteiger partial charge on any atom is -0.481 e. The number of amidine groups is 1. The number of nitrogens with one attached hydrogen (secondary N) is 1. The van der Waals surface area contributed by atoms with E-state index in [9.17, 15) is 19.7 Å². The van der Waals surface area contributed by atoms with Gasteiger partial charge in [-0.1, -0.05) is 23.9 Å². The Morgan fingerprint density at radius 3 is 3.00 bits per heavy atom. The molecule has 1 unspecified atom stereocenters. The van der Waals surface area contributed by atoms with E-state index in [4.69, 9.17) is 5.11 Å². The number of amides is 1. The normalized spacial score (nSPS) is 19.5. The van der Waals surface area contributed by atoms with E-state index in [-0.39, 0.29) is 17.3 Å². The Balaban J connectivity index is 2.03. The van der Waals surface area contributed by atoms with Crippen molar-refractivity contribution in [1.82, 2.24) is 5.32 Å². The van der Waals surface area contributed by atoms with Gasteiger partial charge in [-0.05, 0) is 0 Å². The molecule has 22 heavy (non-hydrogen) atoms. The molecule has 1 amide bonds. The van der Waals surface area contributed by atoms with Gasteiger partial charge in [0.25, 0.3) is 5.69 Å². The highest BCUT2D eigenvalue weighted by atomic mass is 32.2. The first-order valence-corrected chi connectivity index (χ1v) is 6.88. The molecule has 0 bridgehead atoms. The number of nitro benzene ring substituents is 1. The van der Waals surface area contributed by atoms with Crippen LogP contribution in [-0.2, 0) is 9.59 Å². The van der Waals surface area contributed by atoms with Crippen molar-refractivity contribution in [2.45, 2.75) is 11.7 Å². The van der Waals surface area contributed by atoms with E-state index in [0.717, 1.165) is 11.8 Å². The number of rotatable bonds is 5. The van der Waals surface area contributed by atoms with E-state index in [2.05, 4.69) is 15.5 Å². The first kappa shape index (κ1) is 15.6. The number of thioether (sulfide) groups is 1. The van der Waals surface area contributed by atoms with Gasteiger partial charge in [-0.2, -0.15) is 5.10 Å². The summed E-state index contributed by atoms with van der Waals surface area (Å²) in [5, 5.41) is 28.6. The van der Waals surface area contributed by atoms with E-state index in [1.807, 2.05) is 0 Å². The summed E-state index contributed by atoms with van der Waals surface area (Å²) in [6.45, 7) is 0. The monoisotopic (exact) mass is 322 g/mol. The van der Waals surface area contributed by atoms with Gasteiger partial charge in [0.05, 0.1) is 17.6 Å². The molecule has 1 heterocycles. The maximum absolute atomic E-state index is 11.5. The van der Waals surface area contributed by atoms with Gasteiger partial charge in [-0.15, -0.1) is 5.10 Å². The summed E-state index contributed by atoms with van der Waals surface area (Å²) in [6, 6.07) is 5.82. The lowest BCUT2D eigenvalue weighted by atomic mass is 10.2. The van der Waals surface area contributed by atoms with Crippen LogP contribution < -0.4 is 5.32 Å². The van der Waals surface area contributed by atoms with Crippen LogP contribution in [0.4, 0.5) is 5.69 Å². The average Bonchev–Trinajstić information content (AvgIpc) is 2.78. The zero-order valence-electron chi connectivity index (χ0n) is 11.0. The summed E-state index contributed by atoms with van der Waals surface area (Å²) in [6.07, 6.45) is 1.00. The fraction of sp³-hybridized carbons (Fsp3) is 0.167. The van der Waals surface area contributed by atoms with Crippen molar-refractivity contribution in [3.8, 4) is 0 Å². The fourth-order valence-corrected chi connectivity index (χ4v) is 2.53. The fourth-order valence-electron chi connectivity index (χ4n) is 1.61. The summed E-state index contributed by atoms with van der Waals surface area (Å²) in [7, 11) is 0. The Kier molecular flexibility index (Phi) is 4.84. The summed E-state index contributed by atoms with van der Waals surface area (Å²) < 4.78 is 0. The lowest BCUT2D eigenvalue weighted by molar-refractivity contribution is -0.384.